The van der Waals surface area contributed by atoms with Crippen molar-refractivity contribution in [2.24, 2.45) is 10.8 Å². The van der Waals surface area contributed by atoms with Crippen molar-refractivity contribution in [3.05, 3.63) is 119 Å². The van der Waals surface area contributed by atoms with Gasteiger partial charge in [0.05, 0.1) is 6.10 Å². The lowest BCUT2D eigenvalue weighted by atomic mass is 9.72. The van der Waals surface area contributed by atoms with Crippen molar-refractivity contribution >= 4 is 11.6 Å². The zero-order chi connectivity index (χ0) is 32.6. The Hall–Kier alpha value is -3.30. The number of carbonyl (C=O) groups excluding carboxylic acids is 2. The predicted molar refractivity (Wildman–Crippen MR) is 186 cm³/mol. The molecule has 1 aliphatic rings. The Kier molecular flexibility index (Phi) is 16.1. The van der Waals surface area contributed by atoms with E-state index < -0.39 is 11.5 Å². The van der Waals surface area contributed by atoms with Gasteiger partial charge in [-0.3, -0.25) is 9.59 Å². The minimum atomic E-state index is -0.801. The predicted octanol–water partition coefficient (Wildman–Crippen LogP) is 10.4. The molecule has 0 aliphatic heterocycles. The lowest BCUT2D eigenvalue weighted by Gasteiger charge is -2.32. The maximum absolute atomic E-state index is 12.6. The molecular formula is C40H56O3. The summed E-state index contributed by atoms with van der Waals surface area (Å²) in [5.74, 6) is -0.147. The summed E-state index contributed by atoms with van der Waals surface area (Å²) < 4.78 is 0. The Labute approximate surface area is 262 Å². The summed E-state index contributed by atoms with van der Waals surface area (Å²) in [7, 11) is 0. The van der Waals surface area contributed by atoms with Crippen LogP contribution in [0.25, 0.3) is 0 Å². The van der Waals surface area contributed by atoms with Gasteiger partial charge in [0.1, 0.15) is 5.78 Å². The summed E-state index contributed by atoms with van der Waals surface area (Å²) in [5.41, 5.74) is 7.02. The van der Waals surface area contributed by atoms with Crippen molar-refractivity contribution < 1.29 is 14.7 Å². The van der Waals surface area contributed by atoms with Crippen LogP contribution < -0.4 is 0 Å². The molecular weight excluding hydrogens is 528 g/mol. The van der Waals surface area contributed by atoms with Crippen LogP contribution in [0.4, 0.5) is 0 Å². The molecule has 3 nitrogen and oxygen atoms in total. The van der Waals surface area contributed by atoms with E-state index in [0.29, 0.717) is 0 Å². The molecule has 0 aromatic rings. The van der Waals surface area contributed by atoms with E-state index in [4.69, 9.17) is 0 Å². The van der Waals surface area contributed by atoms with Gasteiger partial charge in [-0.05, 0) is 84.3 Å². The van der Waals surface area contributed by atoms with Gasteiger partial charge in [0.2, 0.25) is 0 Å². The monoisotopic (exact) mass is 584 g/mol. The first kappa shape index (κ1) is 37.7. The molecule has 3 heteroatoms. The van der Waals surface area contributed by atoms with E-state index in [1.165, 1.54) is 48.5 Å². The minimum absolute atomic E-state index is 0.0686. The highest BCUT2D eigenvalue weighted by molar-refractivity contribution is 5.94. The van der Waals surface area contributed by atoms with E-state index in [9.17, 15) is 14.7 Å². The molecule has 1 N–H and O–H groups in total. The Balaban J connectivity index is 2.64. The van der Waals surface area contributed by atoms with Gasteiger partial charge in [0.15, 0.2) is 5.78 Å². The largest absolute Gasteiger partial charge is 0.393 e. The fourth-order valence-electron chi connectivity index (χ4n) is 5.09. The first-order valence-electron chi connectivity index (χ1n) is 15.5. The van der Waals surface area contributed by atoms with E-state index in [-0.39, 0.29) is 29.8 Å². The molecule has 1 unspecified atom stereocenters. The Morgan fingerprint density at radius 1 is 0.791 bits per heavy atom. The third-order valence-corrected chi connectivity index (χ3v) is 7.75. The summed E-state index contributed by atoms with van der Waals surface area (Å²) in [6, 6.07) is 0. The topological polar surface area (TPSA) is 54.4 Å². The number of carbonyl (C=O) groups is 2. The average molecular weight is 585 g/mol. The van der Waals surface area contributed by atoms with E-state index in [1.807, 2.05) is 44.2 Å². The van der Waals surface area contributed by atoms with Gasteiger partial charge in [-0.2, -0.15) is 0 Å². The van der Waals surface area contributed by atoms with Crippen LogP contribution in [0.3, 0.4) is 0 Å². The van der Waals surface area contributed by atoms with Crippen LogP contribution in [-0.2, 0) is 9.59 Å². The van der Waals surface area contributed by atoms with Crippen LogP contribution in [0.5, 0.6) is 0 Å². The van der Waals surface area contributed by atoms with Crippen LogP contribution in [0.1, 0.15) is 101 Å². The number of hydrogen-bond acceptors (Lipinski definition) is 3. The van der Waals surface area contributed by atoms with Crippen LogP contribution in [0.2, 0.25) is 0 Å². The van der Waals surface area contributed by atoms with Crippen LogP contribution in [0.15, 0.2) is 119 Å². The molecule has 1 rings (SSSR count). The van der Waals surface area contributed by atoms with Crippen LogP contribution in [0, 0.1) is 10.8 Å². The van der Waals surface area contributed by atoms with E-state index in [0.717, 1.165) is 11.1 Å². The average Bonchev–Trinajstić information content (AvgIpc) is 2.88. The van der Waals surface area contributed by atoms with E-state index >= 15 is 0 Å². The Morgan fingerprint density at radius 3 is 1.79 bits per heavy atom. The lowest BCUT2D eigenvalue weighted by molar-refractivity contribution is -0.125. The molecule has 1 aliphatic carbocycles. The van der Waals surface area contributed by atoms with Gasteiger partial charge in [0.25, 0.3) is 0 Å². The van der Waals surface area contributed by atoms with Crippen molar-refractivity contribution in [2.75, 3.05) is 0 Å². The highest BCUT2D eigenvalue weighted by Crippen LogP contribution is 2.40. The fraction of sp³-hybridized carbons (Fsp3) is 0.450. The molecule has 0 aromatic heterocycles. The summed E-state index contributed by atoms with van der Waals surface area (Å²) >= 11 is 0. The zero-order valence-electron chi connectivity index (χ0n) is 28.5. The third kappa shape index (κ3) is 15.7. The first-order chi connectivity index (χ1) is 20.0. The van der Waals surface area contributed by atoms with Crippen molar-refractivity contribution in [3.63, 3.8) is 0 Å². The number of Topliss-reactive ketones (excluding diaryl/α,β-unsaturated/α-hetero) is 1. The molecule has 0 spiro atoms. The van der Waals surface area contributed by atoms with E-state index in [2.05, 4.69) is 77.2 Å². The molecule has 43 heavy (non-hydrogen) atoms. The highest BCUT2D eigenvalue weighted by Gasteiger charge is 2.29. The smallest absolute Gasteiger partial charge is 0.161 e. The van der Waals surface area contributed by atoms with Gasteiger partial charge < -0.3 is 5.11 Å². The number of aliphatic hydroxyl groups is 1. The van der Waals surface area contributed by atoms with Crippen molar-refractivity contribution in [3.8, 4) is 0 Å². The summed E-state index contributed by atoms with van der Waals surface area (Å²) in [5, 5.41) is 10.0. The zero-order valence-corrected chi connectivity index (χ0v) is 28.5. The maximum Gasteiger partial charge on any atom is 0.161 e. The van der Waals surface area contributed by atoms with Gasteiger partial charge >= 0.3 is 0 Å². The fourth-order valence-corrected chi connectivity index (χ4v) is 5.09. The van der Waals surface area contributed by atoms with Crippen LogP contribution >= 0.6 is 0 Å². The second-order valence-electron chi connectivity index (χ2n) is 13.4. The summed E-state index contributed by atoms with van der Waals surface area (Å²) in [6.45, 7) is 20.2. The third-order valence-electron chi connectivity index (χ3n) is 7.75. The first-order valence-corrected chi connectivity index (χ1v) is 15.5. The molecule has 0 aromatic carbocycles. The quantitative estimate of drug-likeness (QED) is 0.154. The minimum Gasteiger partial charge on any atom is -0.393 e. The molecule has 0 fully saturated rings. The summed E-state index contributed by atoms with van der Waals surface area (Å²) in [6.07, 6.45) is 31.7. The van der Waals surface area contributed by atoms with E-state index in [1.54, 1.807) is 26.0 Å². The molecule has 0 bridgehead atoms. The molecule has 0 saturated carbocycles. The molecule has 0 saturated heterocycles. The summed E-state index contributed by atoms with van der Waals surface area (Å²) in [4.78, 5) is 23.8. The number of aliphatic hydroxyl groups excluding tert-OH is 1. The van der Waals surface area contributed by atoms with Gasteiger partial charge in [0, 0.05) is 11.8 Å². The van der Waals surface area contributed by atoms with Crippen LogP contribution in [-0.4, -0.2) is 22.8 Å². The molecule has 0 amide bonds. The van der Waals surface area contributed by atoms with Crippen molar-refractivity contribution in [1.29, 1.82) is 0 Å². The second-order valence-corrected chi connectivity index (χ2v) is 13.4. The Bertz CT molecular complexity index is 1280. The number of ketones is 2. The lowest BCUT2D eigenvalue weighted by Crippen LogP contribution is -2.29. The highest BCUT2D eigenvalue weighted by atomic mass is 16.3. The second kappa shape index (κ2) is 18.4. The van der Waals surface area contributed by atoms with Crippen molar-refractivity contribution in [2.45, 2.75) is 107 Å². The molecule has 0 radical (unpaired) electrons. The Morgan fingerprint density at radius 2 is 1.28 bits per heavy atom. The molecule has 1 atom stereocenters. The number of rotatable bonds is 15. The van der Waals surface area contributed by atoms with Crippen molar-refractivity contribution in [1.82, 2.24) is 0 Å². The van der Waals surface area contributed by atoms with Gasteiger partial charge in [-0.15, -0.1) is 0 Å². The molecule has 0 heterocycles. The standard InChI is InChI=1S/C40H56O3/c1-30(18-13-20-32(3)23-25-37-34(5)22-15-27-39(37,7)8)16-11-12-17-31(2)19-14-21-33(4)24-26-38(43)40(9,10)29-36(42)28-35(6)41/h11-14,16-21,23-26,36,42H,15,22,27-29H2,1-10H3/b12-11+,18-13+,19-14+,25-23+,26-24+,30-16+,31-17+,32-20+,33-21+. The maximum atomic E-state index is 12.6. The SMILES string of the molecule is CC(=O)CC(O)CC(C)(C)C(=O)/C=C/C(C)=C/C=C/C(C)=C/C=C/C=C(C)/C=C/C=C(C)/C=C/C1=C(C)CCCC1(C)C. The van der Waals surface area contributed by atoms with Gasteiger partial charge in [-0.1, -0.05) is 135 Å². The van der Waals surface area contributed by atoms with Gasteiger partial charge in [-0.25, -0.2) is 0 Å². The number of allylic oxidation sites excluding steroid dienone is 20. The molecule has 234 valence electrons. The normalized spacial score (nSPS) is 18.8. The number of hydrogen-bond donors (Lipinski definition) is 1.